The van der Waals surface area contributed by atoms with E-state index >= 15 is 0 Å². The molecule has 0 aliphatic carbocycles. The van der Waals surface area contributed by atoms with E-state index in [9.17, 15) is 0 Å². The van der Waals surface area contributed by atoms with Gasteiger partial charge in [-0.2, -0.15) is 0 Å². The summed E-state index contributed by atoms with van der Waals surface area (Å²) in [5.74, 6) is 1.04. The zero-order valence-electron chi connectivity index (χ0n) is 13.5. The molecule has 0 spiro atoms. The fraction of sp³-hybridized carbons (Fsp3) is 0.0455. The molecule has 0 N–H and O–H groups in total. The molecule has 2 nitrogen and oxygen atoms in total. The molecule has 2 aromatic heterocycles. The number of aromatic nitrogens is 2. The molecule has 5 rings (SSSR count). The third-order valence-corrected chi connectivity index (χ3v) is 4.93. The summed E-state index contributed by atoms with van der Waals surface area (Å²) in [6, 6.07) is 27.1. The Morgan fingerprint density at radius 2 is 1.56 bits per heavy atom. The molecule has 25 heavy (non-hydrogen) atoms. The van der Waals surface area contributed by atoms with Gasteiger partial charge in [-0.1, -0.05) is 60.1 Å². The summed E-state index contributed by atoms with van der Waals surface area (Å²) in [6.07, 6.45) is 0.761. The number of fused-ring (bicyclic) bond motifs is 5. The molecule has 0 aliphatic heterocycles. The SMILES string of the molecule is Clc1ccc(Cc2nc3ccccc3c3cc4ccccc4n23)cc1. The number of halogens is 1. The van der Waals surface area contributed by atoms with Crippen LogP contribution in [-0.4, -0.2) is 9.38 Å². The molecule has 2 heterocycles. The Labute approximate surface area is 150 Å². The molecule has 0 bridgehead atoms. The highest BCUT2D eigenvalue weighted by molar-refractivity contribution is 6.30. The maximum Gasteiger partial charge on any atom is 0.118 e. The average Bonchev–Trinajstić information content (AvgIpc) is 3.04. The highest BCUT2D eigenvalue weighted by atomic mass is 35.5. The Morgan fingerprint density at radius 1 is 0.800 bits per heavy atom. The standard InChI is InChI=1S/C22H15ClN2/c23-17-11-9-15(10-12-17)13-22-24-19-7-3-2-6-18(19)21-14-16-5-1-4-8-20(16)25(21)22/h1-12,14H,13H2. The number of nitrogens with zero attached hydrogens (tertiary/aromatic N) is 2. The first-order chi connectivity index (χ1) is 12.3. The number of rotatable bonds is 2. The third kappa shape index (κ3) is 2.38. The molecule has 3 aromatic carbocycles. The second-order valence-corrected chi connectivity index (χ2v) is 6.71. The van der Waals surface area contributed by atoms with Gasteiger partial charge in [-0.15, -0.1) is 0 Å². The van der Waals surface area contributed by atoms with Crippen LogP contribution in [0.15, 0.2) is 78.9 Å². The van der Waals surface area contributed by atoms with Gasteiger partial charge in [-0.3, -0.25) is 4.40 Å². The van der Waals surface area contributed by atoms with Crippen LogP contribution in [0.5, 0.6) is 0 Å². The Morgan fingerprint density at radius 3 is 2.44 bits per heavy atom. The first-order valence-corrected chi connectivity index (χ1v) is 8.70. The molecule has 0 saturated heterocycles. The highest BCUT2D eigenvalue weighted by Gasteiger charge is 2.12. The van der Waals surface area contributed by atoms with Gasteiger partial charge in [0.15, 0.2) is 0 Å². The van der Waals surface area contributed by atoms with Crippen molar-refractivity contribution in [2.45, 2.75) is 6.42 Å². The lowest BCUT2D eigenvalue weighted by atomic mass is 10.1. The van der Waals surface area contributed by atoms with Crippen LogP contribution in [0.25, 0.3) is 27.3 Å². The Bertz CT molecular complexity index is 1220. The van der Waals surface area contributed by atoms with Gasteiger partial charge in [0.2, 0.25) is 0 Å². The first-order valence-electron chi connectivity index (χ1n) is 8.32. The third-order valence-electron chi connectivity index (χ3n) is 4.67. The van der Waals surface area contributed by atoms with E-state index in [1.807, 2.05) is 18.2 Å². The van der Waals surface area contributed by atoms with Crippen LogP contribution < -0.4 is 0 Å². The van der Waals surface area contributed by atoms with Crippen LogP contribution >= 0.6 is 11.6 Å². The summed E-state index contributed by atoms with van der Waals surface area (Å²) < 4.78 is 2.28. The van der Waals surface area contributed by atoms with E-state index in [2.05, 4.69) is 65.1 Å². The van der Waals surface area contributed by atoms with Gasteiger partial charge in [0.1, 0.15) is 5.82 Å². The predicted octanol–water partition coefficient (Wildman–Crippen LogP) is 5.88. The molecule has 0 saturated carbocycles. The molecule has 0 fully saturated rings. The zero-order valence-corrected chi connectivity index (χ0v) is 14.2. The van der Waals surface area contributed by atoms with Crippen LogP contribution in [-0.2, 0) is 6.42 Å². The van der Waals surface area contributed by atoms with Gasteiger partial charge in [0.25, 0.3) is 0 Å². The van der Waals surface area contributed by atoms with Crippen molar-refractivity contribution >= 4 is 38.9 Å². The van der Waals surface area contributed by atoms with Crippen molar-refractivity contribution in [2.75, 3.05) is 0 Å². The van der Waals surface area contributed by atoms with E-state index in [1.165, 1.54) is 27.4 Å². The van der Waals surface area contributed by atoms with Crippen LogP contribution in [0, 0.1) is 0 Å². The second kappa shape index (κ2) is 5.61. The topological polar surface area (TPSA) is 17.3 Å². The van der Waals surface area contributed by atoms with Crippen molar-refractivity contribution in [3.05, 3.63) is 95.3 Å². The van der Waals surface area contributed by atoms with Gasteiger partial charge < -0.3 is 0 Å². The second-order valence-electron chi connectivity index (χ2n) is 6.27. The van der Waals surface area contributed by atoms with Crippen LogP contribution in [0.3, 0.4) is 0 Å². The molecular weight excluding hydrogens is 328 g/mol. The van der Waals surface area contributed by atoms with Gasteiger partial charge in [0.05, 0.1) is 16.6 Å². The zero-order chi connectivity index (χ0) is 16.8. The van der Waals surface area contributed by atoms with Crippen molar-refractivity contribution in [3.8, 4) is 0 Å². The molecule has 0 amide bonds. The number of benzene rings is 3. The molecule has 5 aromatic rings. The van der Waals surface area contributed by atoms with Gasteiger partial charge in [-0.25, -0.2) is 4.98 Å². The minimum absolute atomic E-state index is 0.756. The van der Waals surface area contributed by atoms with Crippen LogP contribution in [0.2, 0.25) is 5.02 Å². The van der Waals surface area contributed by atoms with E-state index in [1.54, 1.807) is 0 Å². The quantitative estimate of drug-likeness (QED) is 0.391. The van der Waals surface area contributed by atoms with Crippen LogP contribution in [0.4, 0.5) is 0 Å². The van der Waals surface area contributed by atoms with E-state index in [0.717, 1.165) is 22.8 Å². The Hall–Kier alpha value is -2.84. The van der Waals surface area contributed by atoms with Crippen LogP contribution in [0.1, 0.15) is 11.4 Å². The smallest absolute Gasteiger partial charge is 0.118 e. The van der Waals surface area contributed by atoms with Gasteiger partial charge >= 0.3 is 0 Å². The molecule has 3 heteroatoms. The van der Waals surface area contributed by atoms with E-state index in [0.29, 0.717) is 0 Å². The minimum Gasteiger partial charge on any atom is -0.297 e. The fourth-order valence-corrected chi connectivity index (χ4v) is 3.64. The normalized spacial score (nSPS) is 11.6. The molecule has 0 radical (unpaired) electrons. The van der Waals surface area contributed by atoms with E-state index < -0.39 is 0 Å². The fourth-order valence-electron chi connectivity index (χ4n) is 3.51. The Balaban J connectivity index is 1.84. The van der Waals surface area contributed by atoms with E-state index in [-0.39, 0.29) is 0 Å². The van der Waals surface area contributed by atoms with Gasteiger partial charge in [-0.05, 0) is 35.9 Å². The maximum absolute atomic E-state index is 6.03. The first kappa shape index (κ1) is 14.5. The highest BCUT2D eigenvalue weighted by Crippen LogP contribution is 2.28. The average molecular weight is 343 g/mol. The monoisotopic (exact) mass is 342 g/mol. The number of hydrogen-bond acceptors (Lipinski definition) is 1. The summed E-state index contributed by atoms with van der Waals surface area (Å²) >= 11 is 6.03. The predicted molar refractivity (Wildman–Crippen MR) is 104 cm³/mol. The lowest BCUT2D eigenvalue weighted by Crippen LogP contribution is -2.03. The van der Waals surface area contributed by atoms with Gasteiger partial charge in [0, 0.05) is 22.2 Å². The molecule has 0 unspecified atom stereocenters. The molecule has 0 atom stereocenters. The molecule has 120 valence electrons. The largest absolute Gasteiger partial charge is 0.297 e. The van der Waals surface area contributed by atoms with Crippen molar-refractivity contribution in [2.24, 2.45) is 0 Å². The minimum atomic E-state index is 0.756. The van der Waals surface area contributed by atoms with Crippen molar-refractivity contribution in [1.82, 2.24) is 9.38 Å². The van der Waals surface area contributed by atoms with Crippen molar-refractivity contribution in [3.63, 3.8) is 0 Å². The maximum atomic E-state index is 6.03. The number of para-hydroxylation sites is 2. The number of hydrogen-bond donors (Lipinski definition) is 0. The summed E-state index contributed by atoms with van der Waals surface area (Å²) in [6.45, 7) is 0. The molecule has 0 aliphatic rings. The summed E-state index contributed by atoms with van der Waals surface area (Å²) in [5, 5.41) is 3.17. The summed E-state index contributed by atoms with van der Waals surface area (Å²) in [5.41, 5.74) is 4.63. The Kier molecular flexibility index (Phi) is 3.25. The molecular formula is C22H15ClN2. The summed E-state index contributed by atoms with van der Waals surface area (Å²) in [7, 11) is 0. The summed E-state index contributed by atoms with van der Waals surface area (Å²) in [4.78, 5) is 4.97. The lowest BCUT2D eigenvalue weighted by Gasteiger charge is -2.10. The van der Waals surface area contributed by atoms with Crippen molar-refractivity contribution < 1.29 is 0 Å². The van der Waals surface area contributed by atoms with Crippen molar-refractivity contribution in [1.29, 1.82) is 0 Å². The lowest BCUT2D eigenvalue weighted by molar-refractivity contribution is 0.962. The van der Waals surface area contributed by atoms with E-state index in [4.69, 9.17) is 16.6 Å².